The largest absolute Gasteiger partial charge is 0.491 e. The van der Waals surface area contributed by atoms with Crippen molar-refractivity contribution in [3.8, 4) is 17.1 Å². The third kappa shape index (κ3) is 7.08. The number of aryl methyl sites for hydroxylation is 1. The number of hydrogen-bond donors (Lipinski definition) is 0. The lowest BCUT2D eigenvalue weighted by Gasteiger charge is -2.08. The van der Waals surface area contributed by atoms with Crippen LogP contribution < -0.4 is 4.74 Å². The van der Waals surface area contributed by atoms with E-state index in [1.54, 1.807) is 6.92 Å². The molecule has 0 saturated heterocycles. The molecule has 0 bridgehead atoms. The van der Waals surface area contributed by atoms with Crippen LogP contribution in [-0.4, -0.2) is 60.0 Å². The normalized spacial score (nSPS) is 10.3. The van der Waals surface area contributed by atoms with Gasteiger partial charge in [0.25, 0.3) is 0 Å². The standard InChI is InChI=1S/C15H19N7O3/c1-12-18-20-15(21-19-12)13-2-4-14(5-3-13)25-11-10-24-9-8-23-7-6-17-22-16/h2-5H,6-11H2,1H3. The molecular weight excluding hydrogens is 326 g/mol. The number of aromatic nitrogens is 4. The lowest BCUT2D eigenvalue weighted by atomic mass is 10.2. The second-order valence-corrected chi connectivity index (χ2v) is 4.82. The van der Waals surface area contributed by atoms with Crippen molar-refractivity contribution >= 4 is 0 Å². The maximum Gasteiger partial charge on any atom is 0.203 e. The summed E-state index contributed by atoms with van der Waals surface area (Å²) in [4.78, 5) is 2.63. The van der Waals surface area contributed by atoms with E-state index in [-0.39, 0.29) is 0 Å². The van der Waals surface area contributed by atoms with Gasteiger partial charge in [-0.05, 0) is 36.7 Å². The number of azide groups is 1. The van der Waals surface area contributed by atoms with Crippen molar-refractivity contribution in [3.05, 3.63) is 40.5 Å². The Morgan fingerprint density at radius 2 is 1.56 bits per heavy atom. The Bertz CT molecular complexity index is 673. The van der Waals surface area contributed by atoms with Crippen molar-refractivity contribution in [1.82, 2.24) is 20.4 Å². The molecule has 1 aromatic heterocycles. The fraction of sp³-hybridized carbons (Fsp3) is 0.467. The predicted molar refractivity (Wildman–Crippen MR) is 88.9 cm³/mol. The first-order chi connectivity index (χ1) is 12.3. The molecule has 25 heavy (non-hydrogen) atoms. The van der Waals surface area contributed by atoms with Crippen molar-refractivity contribution in [3.63, 3.8) is 0 Å². The smallest absolute Gasteiger partial charge is 0.203 e. The van der Waals surface area contributed by atoms with E-state index in [1.807, 2.05) is 24.3 Å². The van der Waals surface area contributed by atoms with Gasteiger partial charge in [-0.3, -0.25) is 0 Å². The van der Waals surface area contributed by atoms with Gasteiger partial charge in [-0.15, -0.1) is 20.4 Å². The van der Waals surface area contributed by atoms with E-state index in [4.69, 9.17) is 19.7 Å². The Morgan fingerprint density at radius 1 is 0.920 bits per heavy atom. The monoisotopic (exact) mass is 345 g/mol. The molecule has 10 heteroatoms. The van der Waals surface area contributed by atoms with Gasteiger partial charge in [0.05, 0.1) is 26.4 Å². The zero-order valence-corrected chi connectivity index (χ0v) is 13.9. The first kappa shape index (κ1) is 18.5. The molecule has 0 aliphatic carbocycles. The molecule has 0 saturated carbocycles. The maximum absolute atomic E-state index is 8.10. The van der Waals surface area contributed by atoms with Crippen LogP contribution in [0.1, 0.15) is 5.82 Å². The van der Waals surface area contributed by atoms with Crippen LogP contribution in [0.15, 0.2) is 29.4 Å². The Kier molecular flexibility index (Phi) is 8.06. The zero-order chi connectivity index (χ0) is 17.7. The molecule has 0 spiro atoms. The molecule has 0 amide bonds. The minimum Gasteiger partial charge on any atom is -0.491 e. The number of ether oxygens (including phenoxy) is 3. The topological polar surface area (TPSA) is 128 Å². The lowest BCUT2D eigenvalue weighted by molar-refractivity contribution is 0.0388. The highest BCUT2D eigenvalue weighted by atomic mass is 16.5. The van der Waals surface area contributed by atoms with Crippen molar-refractivity contribution < 1.29 is 14.2 Å². The maximum atomic E-state index is 8.10. The van der Waals surface area contributed by atoms with Crippen molar-refractivity contribution in [2.45, 2.75) is 6.92 Å². The molecule has 0 aliphatic heterocycles. The number of rotatable bonds is 11. The highest BCUT2D eigenvalue weighted by Crippen LogP contribution is 2.18. The minimum absolute atomic E-state index is 0.329. The molecule has 0 radical (unpaired) electrons. The van der Waals surface area contributed by atoms with Gasteiger partial charge in [-0.2, -0.15) is 0 Å². The third-order valence-electron chi connectivity index (χ3n) is 2.96. The van der Waals surface area contributed by atoms with Crippen LogP contribution in [0.2, 0.25) is 0 Å². The lowest BCUT2D eigenvalue weighted by Crippen LogP contribution is -2.11. The fourth-order valence-corrected chi connectivity index (χ4v) is 1.79. The van der Waals surface area contributed by atoms with Gasteiger partial charge in [-0.25, -0.2) is 0 Å². The van der Waals surface area contributed by atoms with Gasteiger partial charge in [-0.1, -0.05) is 5.11 Å². The van der Waals surface area contributed by atoms with Crippen LogP contribution in [0.4, 0.5) is 0 Å². The van der Waals surface area contributed by atoms with Crippen LogP contribution >= 0.6 is 0 Å². The Balaban J connectivity index is 1.60. The molecule has 10 nitrogen and oxygen atoms in total. The Morgan fingerprint density at radius 3 is 2.24 bits per heavy atom. The number of nitrogens with zero attached hydrogens (tertiary/aromatic N) is 7. The molecule has 132 valence electrons. The third-order valence-corrected chi connectivity index (χ3v) is 2.96. The van der Waals surface area contributed by atoms with E-state index in [2.05, 4.69) is 30.4 Å². The minimum atomic E-state index is 0.329. The zero-order valence-electron chi connectivity index (χ0n) is 13.9. The average Bonchev–Trinajstić information content (AvgIpc) is 2.64. The second kappa shape index (κ2) is 10.9. The first-order valence-electron chi connectivity index (χ1n) is 7.73. The molecule has 0 aliphatic rings. The SMILES string of the molecule is Cc1nnc(-c2ccc(OCCOCCOCCN=[N+]=[N-])cc2)nn1. The van der Waals surface area contributed by atoms with E-state index in [1.165, 1.54) is 0 Å². The molecular formula is C15H19N7O3. The average molecular weight is 345 g/mol. The molecule has 2 rings (SSSR count). The highest BCUT2D eigenvalue weighted by molar-refractivity contribution is 5.54. The summed E-state index contributed by atoms with van der Waals surface area (Å²) in [5, 5.41) is 19.1. The highest BCUT2D eigenvalue weighted by Gasteiger charge is 2.03. The van der Waals surface area contributed by atoms with Crippen molar-refractivity contribution in [2.75, 3.05) is 39.6 Å². The van der Waals surface area contributed by atoms with Gasteiger partial charge in [0, 0.05) is 17.0 Å². The van der Waals surface area contributed by atoms with Crippen LogP contribution in [0.25, 0.3) is 21.8 Å². The van der Waals surface area contributed by atoms with Crippen LogP contribution in [0.5, 0.6) is 5.75 Å². The Hall–Kier alpha value is -2.81. The predicted octanol–water partition coefficient (Wildman–Crippen LogP) is 1.96. The van der Waals surface area contributed by atoms with Gasteiger partial charge in [0.2, 0.25) is 5.82 Å². The first-order valence-corrected chi connectivity index (χ1v) is 7.73. The van der Waals surface area contributed by atoms with E-state index >= 15 is 0 Å². The van der Waals surface area contributed by atoms with Gasteiger partial charge in [0.1, 0.15) is 12.4 Å². The van der Waals surface area contributed by atoms with E-state index in [0.29, 0.717) is 51.2 Å². The van der Waals surface area contributed by atoms with E-state index < -0.39 is 0 Å². The molecule has 0 N–H and O–H groups in total. The van der Waals surface area contributed by atoms with Crippen LogP contribution in [-0.2, 0) is 9.47 Å². The summed E-state index contributed by atoms with van der Waals surface area (Å²) < 4.78 is 16.2. The van der Waals surface area contributed by atoms with Crippen molar-refractivity contribution in [1.29, 1.82) is 0 Å². The quantitative estimate of drug-likeness (QED) is 0.263. The van der Waals surface area contributed by atoms with E-state index in [9.17, 15) is 0 Å². The summed E-state index contributed by atoms with van der Waals surface area (Å²) in [6.07, 6.45) is 0. The summed E-state index contributed by atoms with van der Waals surface area (Å²) in [5.41, 5.74) is 8.92. The molecule has 1 heterocycles. The van der Waals surface area contributed by atoms with Gasteiger partial charge >= 0.3 is 0 Å². The van der Waals surface area contributed by atoms with Crippen LogP contribution in [0, 0.1) is 6.92 Å². The van der Waals surface area contributed by atoms with Crippen molar-refractivity contribution in [2.24, 2.45) is 5.11 Å². The summed E-state index contributed by atoms with van der Waals surface area (Å²) in [6.45, 7) is 4.26. The second-order valence-electron chi connectivity index (χ2n) is 4.82. The fourth-order valence-electron chi connectivity index (χ4n) is 1.79. The molecule has 2 aromatic rings. The molecule has 1 aromatic carbocycles. The Labute approximate surface area is 144 Å². The molecule has 0 fully saturated rings. The number of hydrogen-bond acceptors (Lipinski definition) is 8. The van der Waals surface area contributed by atoms with Gasteiger partial charge < -0.3 is 14.2 Å². The summed E-state index contributed by atoms with van der Waals surface area (Å²) >= 11 is 0. The summed E-state index contributed by atoms with van der Waals surface area (Å²) in [7, 11) is 0. The van der Waals surface area contributed by atoms with Crippen LogP contribution in [0.3, 0.4) is 0 Å². The number of benzene rings is 1. The summed E-state index contributed by atoms with van der Waals surface area (Å²) in [5.74, 6) is 1.73. The van der Waals surface area contributed by atoms with E-state index in [0.717, 1.165) is 11.3 Å². The molecule has 0 unspecified atom stereocenters. The summed E-state index contributed by atoms with van der Waals surface area (Å²) in [6, 6.07) is 7.36. The molecule has 0 atom stereocenters. The van der Waals surface area contributed by atoms with Gasteiger partial charge in [0.15, 0.2) is 5.82 Å².